The molecule has 1 aromatic rings. The Hall–Kier alpha value is -1.95. The highest BCUT2D eigenvalue weighted by Gasteiger charge is 2.14. The van der Waals surface area contributed by atoms with Crippen LogP contribution in [0.3, 0.4) is 0 Å². The van der Waals surface area contributed by atoms with Crippen LogP contribution in [0.5, 0.6) is 0 Å². The van der Waals surface area contributed by atoms with E-state index in [0.717, 1.165) is 0 Å². The van der Waals surface area contributed by atoms with E-state index in [1.54, 1.807) is 12.1 Å². The van der Waals surface area contributed by atoms with Gasteiger partial charge in [-0.1, -0.05) is 6.92 Å². The SMILES string of the molecule is CCC(CN)C(=O)Nc1ccc(CC(=O)O)nc1. The van der Waals surface area contributed by atoms with Gasteiger partial charge >= 0.3 is 5.97 Å². The average Bonchev–Trinajstić information content (AvgIpc) is 2.32. The number of carboxylic acid groups (broad SMARTS) is 1. The minimum absolute atomic E-state index is 0.130. The number of aromatic nitrogens is 1. The van der Waals surface area contributed by atoms with Gasteiger partial charge < -0.3 is 16.2 Å². The number of carbonyl (C=O) groups is 2. The second-order valence-electron chi connectivity index (χ2n) is 3.94. The van der Waals surface area contributed by atoms with Crippen molar-refractivity contribution in [1.29, 1.82) is 0 Å². The molecule has 18 heavy (non-hydrogen) atoms. The summed E-state index contributed by atoms with van der Waals surface area (Å²) in [4.78, 5) is 26.2. The van der Waals surface area contributed by atoms with Crippen LogP contribution in [0, 0.1) is 5.92 Å². The zero-order valence-electron chi connectivity index (χ0n) is 10.2. The van der Waals surface area contributed by atoms with E-state index in [4.69, 9.17) is 10.8 Å². The summed E-state index contributed by atoms with van der Waals surface area (Å²) in [5.41, 5.74) is 6.47. The van der Waals surface area contributed by atoms with Crippen LogP contribution < -0.4 is 11.1 Å². The molecule has 0 radical (unpaired) electrons. The van der Waals surface area contributed by atoms with E-state index in [9.17, 15) is 9.59 Å². The summed E-state index contributed by atoms with van der Waals surface area (Å²) < 4.78 is 0. The van der Waals surface area contributed by atoms with E-state index in [1.807, 2.05) is 6.92 Å². The number of hydrogen-bond donors (Lipinski definition) is 3. The molecule has 6 heteroatoms. The predicted molar refractivity (Wildman–Crippen MR) is 67.0 cm³/mol. The molecule has 98 valence electrons. The van der Waals surface area contributed by atoms with Crippen molar-refractivity contribution >= 4 is 17.6 Å². The number of anilines is 1. The normalized spacial score (nSPS) is 11.9. The number of amides is 1. The first-order chi connectivity index (χ1) is 8.56. The van der Waals surface area contributed by atoms with E-state index in [2.05, 4.69) is 10.3 Å². The Bertz CT molecular complexity index is 413. The molecule has 1 unspecified atom stereocenters. The first kappa shape index (κ1) is 14.1. The van der Waals surface area contributed by atoms with Gasteiger partial charge in [0.2, 0.25) is 5.91 Å². The third-order valence-electron chi connectivity index (χ3n) is 2.57. The summed E-state index contributed by atoms with van der Waals surface area (Å²) in [5.74, 6) is -1.30. The van der Waals surface area contributed by atoms with Crippen molar-refractivity contribution in [3.63, 3.8) is 0 Å². The van der Waals surface area contributed by atoms with Gasteiger partial charge in [-0.15, -0.1) is 0 Å². The van der Waals surface area contributed by atoms with Crippen LogP contribution >= 0.6 is 0 Å². The van der Waals surface area contributed by atoms with Gasteiger partial charge in [-0.2, -0.15) is 0 Å². The van der Waals surface area contributed by atoms with E-state index in [1.165, 1.54) is 6.20 Å². The number of nitrogens with one attached hydrogen (secondary N) is 1. The highest BCUT2D eigenvalue weighted by atomic mass is 16.4. The smallest absolute Gasteiger partial charge is 0.309 e. The number of hydrogen-bond acceptors (Lipinski definition) is 4. The average molecular weight is 251 g/mol. The number of carbonyl (C=O) groups excluding carboxylic acids is 1. The molecule has 4 N–H and O–H groups in total. The number of pyridine rings is 1. The molecule has 0 saturated carbocycles. The molecule has 0 spiro atoms. The lowest BCUT2D eigenvalue weighted by Gasteiger charge is -2.12. The molecular weight excluding hydrogens is 234 g/mol. The fourth-order valence-electron chi connectivity index (χ4n) is 1.46. The Morgan fingerprint density at radius 2 is 2.22 bits per heavy atom. The second-order valence-corrected chi connectivity index (χ2v) is 3.94. The first-order valence-electron chi connectivity index (χ1n) is 5.74. The molecule has 0 aromatic carbocycles. The largest absolute Gasteiger partial charge is 0.481 e. The lowest BCUT2D eigenvalue weighted by atomic mass is 10.1. The van der Waals surface area contributed by atoms with Crippen LogP contribution in [0.25, 0.3) is 0 Å². The van der Waals surface area contributed by atoms with Gasteiger partial charge in [0.1, 0.15) is 0 Å². The van der Waals surface area contributed by atoms with Crippen molar-refractivity contribution < 1.29 is 14.7 Å². The molecular formula is C12H17N3O3. The van der Waals surface area contributed by atoms with Gasteiger partial charge in [-0.3, -0.25) is 14.6 Å². The number of nitrogens with two attached hydrogens (primary N) is 1. The van der Waals surface area contributed by atoms with E-state index < -0.39 is 5.97 Å². The van der Waals surface area contributed by atoms with Crippen molar-refractivity contribution in [2.24, 2.45) is 11.7 Å². The third-order valence-corrected chi connectivity index (χ3v) is 2.57. The molecule has 1 atom stereocenters. The van der Waals surface area contributed by atoms with Crippen molar-refractivity contribution in [2.75, 3.05) is 11.9 Å². The van der Waals surface area contributed by atoms with Crippen molar-refractivity contribution in [1.82, 2.24) is 4.98 Å². The molecule has 0 saturated heterocycles. The highest BCUT2D eigenvalue weighted by Crippen LogP contribution is 2.10. The Kier molecular flexibility index (Phi) is 5.26. The number of nitrogens with zero attached hydrogens (tertiary/aromatic N) is 1. The Morgan fingerprint density at radius 1 is 1.50 bits per heavy atom. The van der Waals surface area contributed by atoms with Gasteiger partial charge in [0.05, 0.1) is 29.9 Å². The molecule has 1 amide bonds. The summed E-state index contributed by atoms with van der Waals surface area (Å²) >= 11 is 0. The quantitative estimate of drug-likeness (QED) is 0.687. The lowest BCUT2D eigenvalue weighted by molar-refractivity contribution is -0.136. The fraction of sp³-hybridized carbons (Fsp3) is 0.417. The van der Waals surface area contributed by atoms with E-state index in [0.29, 0.717) is 24.3 Å². The maximum absolute atomic E-state index is 11.7. The lowest BCUT2D eigenvalue weighted by Crippen LogP contribution is -2.28. The summed E-state index contributed by atoms with van der Waals surface area (Å²) in [6.07, 6.45) is 1.99. The van der Waals surface area contributed by atoms with Crippen LogP contribution in [-0.4, -0.2) is 28.5 Å². The molecule has 6 nitrogen and oxygen atoms in total. The fourth-order valence-corrected chi connectivity index (χ4v) is 1.46. The summed E-state index contributed by atoms with van der Waals surface area (Å²) in [6.45, 7) is 2.19. The molecule has 1 rings (SSSR count). The molecule has 0 bridgehead atoms. The standard InChI is InChI=1S/C12H17N3O3/c1-2-8(6-13)12(18)15-10-4-3-9(14-7-10)5-11(16)17/h3-4,7-8H,2,5-6,13H2,1H3,(H,15,18)(H,16,17). The maximum atomic E-state index is 11.7. The second kappa shape index (κ2) is 6.70. The molecule has 0 aliphatic rings. The molecule has 0 fully saturated rings. The third kappa shape index (κ3) is 4.14. The Balaban J connectivity index is 2.63. The van der Waals surface area contributed by atoms with Crippen LogP contribution in [-0.2, 0) is 16.0 Å². The van der Waals surface area contributed by atoms with Crippen molar-refractivity contribution in [3.8, 4) is 0 Å². The number of rotatable bonds is 6. The zero-order chi connectivity index (χ0) is 13.5. The Labute approximate surface area is 105 Å². The van der Waals surface area contributed by atoms with E-state index >= 15 is 0 Å². The summed E-state index contributed by atoms with van der Waals surface area (Å²) in [7, 11) is 0. The molecule has 0 aliphatic carbocycles. The van der Waals surface area contributed by atoms with Crippen LogP contribution in [0.1, 0.15) is 19.0 Å². The van der Waals surface area contributed by atoms with Crippen molar-refractivity contribution in [3.05, 3.63) is 24.0 Å². The van der Waals surface area contributed by atoms with Crippen LogP contribution in [0.2, 0.25) is 0 Å². The molecule has 1 heterocycles. The minimum atomic E-state index is -0.937. The number of aliphatic carboxylic acids is 1. The topological polar surface area (TPSA) is 105 Å². The Morgan fingerprint density at radius 3 is 2.67 bits per heavy atom. The zero-order valence-corrected chi connectivity index (χ0v) is 10.2. The minimum Gasteiger partial charge on any atom is -0.481 e. The van der Waals surface area contributed by atoms with Crippen molar-refractivity contribution in [2.45, 2.75) is 19.8 Å². The van der Waals surface area contributed by atoms with Gasteiger partial charge in [0, 0.05) is 6.54 Å². The predicted octanol–water partition coefficient (Wildman–Crippen LogP) is 0.632. The van der Waals surface area contributed by atoms with E-state index in [-0.39, 0.29) is 18.2 Å². The van der Waals surface area contributed by atoms with Gasteiger partial charge in [0.15, 0.2) is 0 Å². The molecule has 0 aliphatic heterocycles. The van der Waals surface area contributed by atoms with Gasteiger partial charge in [0.25, 0.3) is 0 Å². The van der Waals surface area contributed by atoms with Crippen LogP contribution in [0.15, 0.2) is 18.3 Å². The van der Waals surface area contributed by atoms with Gasteiger partial charge in [-0.25, -0.2) is 0 Å². The number of carboxylic acids is 1. The highest BCUT2D eigenvalue weighted by molar-refractivity contribution is 5.92. The first-order valence-corrected chi connectivity index (χ1v) is 5.74. The molecule has 1 aromatic heterocycles. The maximum Gasteiger partial charge on any atom is 0.309 e. The monoisotopic (exact) mass is 251 g/mol. The summed E-state index contributed by atoms with van der Waals surface area (Å²) in [6, 6.07) is 3.21. The van der Waals surface area contributed by atoms with Gasteiger partial charge in [-0.05, 0) is 18.6 Å². The van der Waals surface area contributed by atoms with Crippen LogP contribution in [0.4, 0.5) is 5.69 Å². The summed E-state index contributed by atoms with van der Waals surface area (Å²) in [5, 5.41) is 11.3.